The van der Waals surface area contributed by atoms with E-state index >= 15 is 0 Å². The van der Waals surface area contributed by atoms with Crippen LogP contribution in [0.15, 0.2) is 53.4 Å². The number of carbonyl (C=O) groups is 2. The van der Waals surface area contributed by atoms with E-state index in [9.17, 15) is 39.6 Å². The van der Waals surface area contributed by atoms with Crippen molar-refractivity contribution < 1.29 is 48.9 Å². The molecule has 0 aromatic heterocycles. The Morgan fingerprint density at radius 3 is 1.84 bits per heavy atom. The topological polar surface area (TPSA) is 144 Å². The molecule has 0 bridgehead atoms. The second kappa shape index (κ2) is 12.7. The molecule has 0 fully saturated rings. The summed E-state index contributed by atoms with van der Waals surface area (Å²) < 4.78 is 94.6. The van der Waals surface area contributed by atoms with Crippen LogP contribution < -0.4 is 9.46 Å². The molecule has 1 amide bonds. The van der Waals surface area contributed by atoms with Gasteiger partial charge in [-0.25, -0.2) is 4.72 Å². The number of sulfonamides is 1. The van der Waals surface area contributed by atoms with E-state index in [1.54, 1.807) is 32.9 Å². The Labute approximate surface area is 220 Å². The van der Waals surface area contributed by atoms with Crippen molar-refractivity contribution in [3.05, 3.63) is 59.7 Å². The van der Waals surface area contributed by atoms with Gasteiger partial charge >= 0.3 is 21.5 Å². The highest BCUT2D eigenvalue weighted by Crippen LogP contribution is 2.25. The SMILES string of the molecule is CCC(C)(C)C(=O)Oc1ccc(C(=O)NS(=O)(=O)C(F)(F)F)cc1.CCC(C)c1ccc(S(=O)(=O)O)cc1. The van der Waals surface area contributed by atoms with Crippen molar-refractivity contribution in [3.8, 4) is 5.75 Å². The third kappa shape index (κ3) is 9.40. The number of benzene rings is 2. The monoisotopic (exact) mass is 581 g/mol. The molecule has 14 heteroatoms. The first-order valence-corrected chi connectivity index (χ1v) is 14.2. The predicted octanol–water partition coefficient (Wildman–Crippen LogP) is 5.05. The Morgan fingerprint density at radius 1 is 0.947 bits per heavy atom. The molecule has 0 aliphatic heterocycles. The van der Waals surface area contributed by atoms with E-state index in [1.807, 2.05) is 0 Å². The molecule has 0 heterocycles. The first-order valence-electron chi connectivity index (χ1n) is 11.3. The van der Waals surface area contributed by atoms with Gasteiger partial charge in [0.2, 0.25) is 0 Å². The Morgan fingerprint density at radius 2 is 1.45 bits per heavy atom. The van der Waals surface area contributed by atoms with E-state index in [1.165, 1.54) is 24.3 Å². The second-order valence-corrected chi connectivity index (χ2v) is 12.0. The van der Waals surface area contributed by atoms with Crippen molar-refractivity contribution in [2.45, 2.75) is 63.8 Å². The number of ether oxygens (including phenoxy) is 1. The summed E-state index contributed by atoms with van der Waals surface area (Å²) in [5, 5.41) is 0. The van der Waals surface area contributed by atoms with Gasteiger partial charge in [0.05, 0.1) is 10.3 Å². The molecule has 0 aliphatic carbocycles. The number of carbonyl (C=O) groups excluding carboxylic acids is 2. The number of amides is 1. The van der Waals surface area contributed by atoms with Crippen LogP contribution in [0, 0.1) is 5.41 Å². The highest BCUT2D eigenvalue weighted by atomic mass is 32.2. The maximum atomic E-state index is 12.2. The van der Waals surface area contributed by atoms with Crippen LogP contribution in [0.4, 0.5) is 13.2 Å². The van der Waals surface area contributed by atoms with Gasteiger partial charge < -0.3 is 4.74 Å². The Bertz CT molecular complexity index is 1320. The average molecular weight is 582 g/mol. The predicted molar refractivity (Wildman–Crippen MR) is 134 cm³/mol. The first kappa shape index (κ1) is 33.1. The van der Waals surface area contributed by atoms with Crippen molar-refractivity contribution in [2.24, 2.45) is 5.41 Å². The number of hydrogen-bond donors (Lipinski definition) is 2. The van der Waals surface area contributed by atoms with Crippen LogP contribution in [-0.2, 0) is 24.9 Å². The van der Waals surface area contributed by atoms with E-state index < -0.39 is 42.9 Å². The highest BCUT2D eigenvalue weighted by molar-refractivity contribution is 7.90. The van der Waals surface area contributed by atoms with E-state index in [-0.39, 0.29) is 16.2 Å². The zero-order valence-electron chi connectivity index (χ0n) is 21.4. The molecule has 2 N–H and O–H groups in total. The summed E-state index contributed by atoms with van der Waals surface area (Å²) in [4.78, 5) is 23.4. The minimum absolute atomic E-state index is 0.0513. The molecule has 0 saturated carbocycles. The van der Waals surface area contributed by atoms with Crippen LogP contribution in [0.1, 0.15) is 69.3 Å². The molecule has 0 aliphatic rings. The molecule has 38 heavy (non-hydrogen) atoms. The normalized spacial score (nSPS) is 13.1. The van der Waals surface area contributed by atoms with Crippen molar-refractivity contribution in [1.82, 2.24) is 4.72 Å². The Kier molecular flexibility index (Phi) is 11.1. The third-order valence-corrected chi connectivity index (χ3v) is 7.59. The summed E-state index contributed by atoms with van der Waals surface area (Å²) in [7, 11) is -9.83. The fourth-order valence-electron chi connectivity index (χ4n) is 2.51. The largest absolute Gasteiger partial charge is 0.516 e. The number of nitrogens with one attached hydrogen (secondary N) is 1. The van der Waals surface area contributed by atoms with Crippen LogP contribution in [0.25, 0.3) is 0 Å². The summed E-state index contributed by atoms with van der Waals surface area (Å²) in [5.41, 5.74) is -5.57. The fraction of sp³-hybridized carbons (Fsp3) is 0.417. The minimum atomic E-state index is -5.78. The lowest BCUT2D eigenvalue weighted by Crippen LogP contribution is -2.40. The van der Waals surface area contributed by atoms with Gasteiger partial charge in [-0.1, -0.05) is 32.9 Å². The number of hydrogen-bond acceptors (Lipinski definition) is 7. The summed E-state index contributed by atoms with van der Waals surface area (Å²) in [6, 6.07) is 10.8. The maximum Gasteiger partial charge on any atom is 0.516 e. The van der Waals surface area contributed by atoms with Crippen LogP contribution in [-0.4, -0.2) is 38.8 Å². The minimum Gasteiger partial charge on any atom is -0.426 e. The van der Waals surface area contributed by atoms with Gasteiger partial charge in [-0.05, 0) is 74.6 Å². The van der Waals surface area contributed by atoms with Crippen LogP contribution in [0.2, 0.25) is 0 Å². The number of alkyl halides is 3. The molecular weight excluding hydrogens is 551 g/mol. The van der Waals surface area contributed by atoms with Gasteiger partial charge in [0, 0.05) is 5.56 Å². The van der Waals surface area contributed by atoms with Crippen LogP contribution >= 0.6 is 0 Å². The lowest BCUT2D eigenvalue weighted by molar-refractivity contribution is -0.144. The summed E-state index contributed by atoms with van der Waals surface area (Å²) in [5.74, 6) is -1.47. The molecular formula is C24H30F3NO8S2. The standard InChI is InChI=1S/C14H16F3NO5S.C10H14O3S/c1-4-13(2,3)12(20)23-10-7-5-9(6-8-10)11(19)18-24(21,22)14(15,16)17;1-3-8(2)9-4-6-10(7-5-9)14(11,12)13/h5-8H,4H2,1-3H3,(H,18,19);4-8H,3H2,1-2H3,(H,11,12,13). The van der Waals surface area contributed by atoms with Gasteiger partial charge in [0.1, 0.15) is 5.75 Å². The fourth-order valence-corrected chi connectivity index (χ4v) is 3.46. The van der Waals surface area contributed by atoms with Gasteiger partial charge in [-0.15, -0.1) is 0 Å². The Hall–Kier alpha value is -2.97. The molecule has 1 unspecified atom stereocenters. The highest BCUT2D eigenvalue weighted by Gasteiger charge is 2.47. The van der Waals surface area contributed by atoms with Gasteiger partial charge in [0.25, 0.3) is 16.0 Å². The summed E-state index contributed by atoms with van der Waals surface area (Å²) in [6.45, 7) is 9.30. The molecule has 212 valence electrons. The quantitative estimate of drug-likeness (QED) is 0.250. The zero-order valence-corrected chi connectivity index (χ0v) is 23.0. The number of halogens is 3. The maximum absolute atomic E-state index is 12.2. The van der Waals surface area contributed by atoms with Gasteiger partial charge in [-0.2, -0.15) is 30.0 Å². The van der Waals surface area contributed by atoms with Crippen LogP contribution in [0.3, 0.4) is 0 Å². The molecule has 2 rings (SSSR count). The van der Waals surface area contributed by atoms with E-state index in [0.29, 0.717) is 12.3 Å². The zero-order chi connectivity index (χ0) is 29.5. The summed E-state index contributed by atoms with van der Waals surface area (Å²) in [6.07, 6.45) is 1.53. The van der Waals surface area contributed by atoms with E-state index in [0.717, 1.165) is 28.8 Å². The number of rotatable bonds is 8. The summed E-state index contributed by atoms with van der Waals surface area (Å²) >= 11 is 0. The van der Waals surface area contributed by atoms with E-state index in [4.69, 9.17) is 9.29 Å². The molecule has 2 aromatic rings. The Balaban J connectivity index is 0.000000437. The molecule has 0 radical (unpaired) electrons. The van der Waals surface area contributed by atoms with Crippen molar-refractivity contribution >= 4 is 32.0 Å². The molecule has 0 saturated heterocycles. The van der Waals surface area contributed by atoms with Crippen molar-refractivity contribution in [3.63, 3.8) is 0 Å². The lowest BCUT2D eigenvalue weighted by Gasteiger charge is -2.20. The molecule has 2 aromatic carbocycles. The van der Waals surface area contributed by atoms with Gasteiger partial charge in [-0.3, -0.25) is 14.1 Å². The first-order chi connectivity index (χ1) is 17.2. The average Bonchev–Trinajstić information content (AvgIpc) is 2.82. The molecule has 0 spiro atoms. The lowest BCUT2D eigenvalue weighted by atomic mass is 9.91. The molecule has 9 nitrogen and oxygen atoms in total. The van der Waals surface area contributed by atoms with Crippen molar-refractivity contribution in [1.29, 1.82) is 0 Å². The second-order valence-electron chi connectivity index (χ2n) is 8.89. The van der Waals surface area contributed by atoms with Crippen molar-refractivity contribution in [2.75, 3.05) is 0 Å². The van der Waals surface area contributed by atoms with E-state index in [2.05, 4.69) is 13.8 Å². The van der Waals surface area contributed by atoms with Gasteiger partial charge in [0.15, 0.2) is 0 Å². The van der Waals surface area contributed by atoms with Crippen LogP contribution in [0.5, 0.6) is 5.75 Å². The third-order valence-electron chi connectivity index (χ3n) is 5.65. The number of esters is 1. The smallest absolute Gasteiger partial charge is 0.426 e. The molecule has 1 atom stereocenters.